The SMILES string of the molecule is Cc1ccnc(NCC2CCN(C3CCCCN(CC(=O)O)C3=O)C2)c1. The summed E-state index contributed by atoms with van der Waals surface area (Å²) in [7, 11) is 0. The van der Waals surface area contributed by atoms with Crippen molar-refractivity contribution in [2.24, 2.45) is 5.92 Å². The van der Waals surface area contributed by atoms with Crippen LogP contribution in [0.5, 0.6) is 0 Å². The third-order valence-corrected chi connectivity index (χ3v) is 5.32. The number of rotatable bonds is 6. The minimum atomic E-state index is -0.937. The molecule has 142 valence electrons. The van der Waals surface area contributed by atoms with Crippen molar-refractivity contribution in [3.63, 3.8) is 0 Å². The number of likely N-dealkylation sites (tertiary alicyclic amines) is 2. The Balaban J connectivity index is 1.55. The lowest BCUT2D eigenvalue weighted by atomic mass is 10.1. The van der Waals surface area contributed by atoms with E-state index in [2.05, 4.69) is 15.2 Å². The van der Waals surface area contributed by atoms with Crippen LogP contribution in [0.2, 0.25) is 0 Å². The Hall–Kier alpha value is -2.15. The molecule has 2 aliphatic heterocycles. The number of carboxylic acids is 1. The number of anilines is 1. The maximum absolute atomic E-state index is 12.8. The highest BCUT2D eigenvalue weighted by molar-refractivity contribution is 5.85. The number of carbonyl (C=O) groups is 2. The number of pyridine rings is 1. The molecule has 2 unspecified atom stereocenters. The smallest absolute Gasteiger partial charge is 0.323 e. The number of hydrogen-bond donors (Lipinski definition) is 2. The summed E-state index contributed by atoms with van der Waals surface area (Å²) < 4.78 is 0. The summed E-state index contributed by atoms with van der Waals surface area (Å²) in [6.07, 6.45) is 5.53. The summed E-state index contributed by atoms with van der Waals surface area (Å²) in [5.41, 5.74) is 1.18. The molecule has 0 bridgehead atoms. The van der Waals surface area contributed by atoms with Gasteiger partial charge in [-0.25, -0.2) is 4.98 Å². The molecule has 2 N–H and O–H groups in total. The lowest BCUT2D eigenvalue weighted by Gasteiger charge is -2.29. The fraction of sp³-hybridized carbons (Fsp3) is 0.632. The van der Waals surface area contributed by atoms with E-state index in [-0.39, 0.29) is 18.5 Å². The highest BCUT2D eigenvalue weighted by Crippen LogP contribution is 2.25. The molecule has 3 rings (SSSR count). The van der Waals surface area contributed by atoms with Gasteiger partial charge in [-0.2, -0.15) is 0 Å². The zero-order chi connectivity index (χ0) is 18.5. The fourth-order valence-corrected chi connectivity index (χ4v) is 3.94. The van der Waals surface area contributed by atoms with Crippen LogP contribution in [0.4, 0.5) is 5.82 Å². The average molecular weight is 360 g/mol. The van der Waals surface area contributed by atoms with Crippen LogP contribution in [-0.2, 0) is 9.59 Å². The third kappa shape index (κ3) is 4.72. The molecule has 0 saturated carbocycles. The molecule has 2 aliphatic rings. The Morgan fingerprint density at radius 1 is 1.35 bits per heavy atom. The quantitative estimate of drug-likeness (QED) is 0.801. The van der Waals surface area contributed by atoms with Gasteiger partial charge in [0.2, 0.25) is 5.91 Å². The molecule has 26 heavy (non-hydrogen) atoms. The van der Waals surface area contributed by atoms with Crippen LogP contribution >= 0.6 is 0 Å². The lowest BCUT2D eigenvalue weighted by molar-refractivity contribution is -0.146. The van der Waals surface area contributed by atoms with Crippen molar-refractivity contribution in [2.75, 3.05) is 38.0 Å². The van der Waals surface area contributed by atoms with Crippen LogP contribution in [0.15, 0.2) is 18.3 Å². The van der Waals surface area contributed by atoms with Crippen molar-refractivity contribution in [3.05, 3.63) is 23.9 Å². The molecule has 7 nitrogen and oxygen atoms in total. The number of aliphatic carboxylic acids is 1. The van der Waals surface area contributed by atoms with Gasteiger partial charge in [0.1, 0.15) is 12.4 Å². The van der Waals surface area contributed by atoms with E-state index in [9.17, 15) is 9.59 Å². The highest BCUT2D eigenvalue weighted by Gasteiger charge is 2.36. The van der Waals surface area contributed by atoms with Crippen molar-refractivity contribution < 1.29 is 14.7 Å². The van der Waals surface area contributed by atoms with E-state index in [0.29, 0.717) is 12.5 Å². The van der Waals surface area contributed by atoms with Crippen molar-refractivity contribution in [1.82, 2.24) is 14.8 Å². The maximum Gasteiger partial charge on any atom is 0.323 e. The average Bonchev–Trinajstić information content (AvgIpc) is 2.99. The lowest BCUT2D eigenvalue weighted by Crippen LogP contribution is -2.48. The minimum Gasteiger partial charge on any atom is -0.480 e. The number of carbonyl (C=O) groups excluding carboxylic acids is 1. The molecule has 1 aromatic heterocycles. The molecule has 0 radical (unpaired) electrons. The van der Waals surface area contributed by atoms with Crippen LogP contribution in [0.25, 0.3) is 0 Å². The van der Waals surface area contributed by atoms with Gasteiger partial charge < -0.3 is 15.3 Å². The van der Waals surface area contributed by atoms with Gasteiger partial charge in [0.25, 0.3) is 0 Å². The van der Waals surface area contributed by atoms with E-state index >= 15 is 0 Å². The first-order valence-corrected chi connectivity index (χ1v) is 9.44. The molecule has 0 spiro atoms. The van der Waals surface area contributed by atoms with Gasteiger partial charge in [-0.3, -0.25) is 14.5 Å². The summed E-state index contributed by atoms with van der Waals surface area (Å²) in [5.74, 6) is 0.412. The summed E-state index contributed by atoms with van der Waals surface area (Å²) in [5, 5.41) is 12.4. The molecular formula is C19H28N4O3. The first kappa shape index (κ1) is 18.6. The maximum atomic E-state index is 12.8. The van der Waals surface area contributed by atoms with Crippen LogP contribution in [0, 0.1) is 12.8 Å². The molecule has 1 aromatic rings. The largest absolute Gasteiger partial charge is 0.480 e. The van der Waals surface area contributed by atoms with Crippen LogP contribution in [0.3, 0.4) is 0 Å². The number of aromatic nitrogens is 1. The number of nitrogens with zero attached hydrogens (tertiary/aromatic N) is 3. The first-order valence-electron chi connectivity index (χ1n) is 9.44. The van der Waals surface area contributed by atoms with E-state index in [4.69, 9.17) is 5.11 Å². The Bertz CT molecular complexity index is 651. The molecule has 3 heterocycles. The number of nitrogens with one attached hydrogen (secondary N) is 1. The van der Waals surface area contributed by atoms with Crippen molar-refractivity contribution in [3.8, 4) is 0 Å². The van der Waals surface area contributed by atoms with Crippen LogP contribution in [0.1, 0.15) is 31.2 Å². The van der Waals surface area contributed by atoms with E-state index in [1.54, 1.807) is 6.20 Å². The second kappa shape index (κ2) is 8.49. The third-order valence-electron chi connectivity index (χ3n) is 5.32. The van der Waals surface area contributed by atoms with Gasteiger partial charge >= 0.3 is 5.97 Å². The molecule has 0 aliphatic carbocycles. The van der Waals surface area contributed by atoms with E-state index in [0.717, 1.165) is 51.1 Å². The van der Waals surface area contributed by atoms with E-state index < -0.39 is 5.97 Å². The number of aryl methyl sites for hydroxylation is 1. The predicted molar refractivity (Wildman–Crippen MR) is 99.0 cm³/mol. The Kier molecular flexibility index (Phi) is 6.08. The molecular weight excluding hydrogens is 332 g/mol. The predicted octanol–water partition coefficient (Wildman–Crippen LogP) is 1.59. The van der Waals surface area contributed by atoms with E-state index in [1.807, 2.05) is 19.1 Å². The summed E-state index contributed by atoms with van der Waals surface area (Å²) in [6.45, 7) is 5.02. The molecule has 0 aromatic carbocycles. The summed E-state index contributed by atoms with van der Waals surface area (Å²) in [6, 6.07) is 3.84. The van der Waals surface area contributed by atoms with Crippen molar-refractivity contribution >= 4 is 17.7 Å². The Morgan fingerprint density at radius 3 is 2.96 bits per heavy atom. The first-order chi connectivity index (χ1) is 12.5. The molecule has 7 heteroatoms. The molecule has 2 atom stereocenters. The van der Waals surface area contributed by atoms with Gasteiger partial charge in [-0.05, 0) is 62.8 Å². The second-order valence-electron chi connectivity index (χ2n) is 7.41. The number of carboxylic acid groups (broad SMARTS) is 1. The zero-order valence-corrected chi connectivity index (χ0v) is 15.4. The molecule has 2 fully saturated rings. The van der Waals surface area contributed by atoms with Gasteiger partial charge in [0.15, 0.2) is 0 Å². The van der Waals surface area contributed by atoms with E-state index in [1.165, 1.54) is 10.5 Å². The van der Waals surface area contributed by atoms with Gasteiger partial charge in [-0.15, -0.1) is 0 Å². The molecule has 1 amide bonds. The normalized spacial score (nSPS) is 24.5. The van der Waals surface area contributed by atoms with Gasteiger partial charge in [0, 0.05) is 25.8 Å². The number of amides is 1. The minimum absolute atomic E-state index is 0.0149. The standard InChI is InChI=1S/C19H28N4O3/c1-14-5-7-20-17(10-14)21-11-15-6-9-22(12-15)16-4-2-3-8-23(19(16)26)13-18(24)25/h5,7,10,15-16H,2-4,6,8-9,11-13H2,1H3,(H,20,21)(H,24,25). The van der Waals surface area contributed by atoms with Crippen molar-refractivity contribution in [1.29, 1.82) is 0 Å². The van der Waals surface area contributed by atoms with Gasteiger partial charge in [-0.1, -0.05) is 0 Å². The van der Waals surface area contributed by atoms with Gasteiger partial charge in [0.05, 0.1) is 6.04 Å². The second-order valence-corrected chi connectivity index (χ2v) is 7.41. The summed E-state index contributed by atoms with van der Waals surface area (Å²) >= 11 is 0. The number of hydrogen-bond acceptors (Lipinski definition) is 5. The van der Waals surface area contributed by atoms with Crippen molar-refractivity contribution in [2.45, 2.75) is 38.6 Å². The fourth-order valence-electron chi connectivity index (χ4n) is 3.94. The summed E-state index contributed by atoms with van der Waals surface area (Å²) in [4.78, 5) is 31.9. The topological polar surface area (TPSA) is 85.8 Å². The molecule has 2 saturated heterocycles. The van der Waals surface area contributed by atoms with Crippen LogP contribution in [-0.4, -0.2) is 70.5 Å². The monoisotopic (exact) mass is 360 g/mol. The zero-order valence-electron chi connectivity index (χ0n) is 15.4. The Morgan fingerprint density at radius 2 is 2.19 bits per heavy atom. The highest BCUT2D eigenvalue weighted by atomic mass is 16.4. The Labute approximate surface area is 154 Å². The van der Waals surface area contributed by atoms with Crippen LogP contribution < -0.4 is 5.32 Å².